The van der Waals surface area contributed by atoms with Crippen molar-refractivity contribution >= 4 is 23.9 Å². The van der Waals surface area contributed by atoms with Crippen LogP contribution >= 0.6 is 0 Å². The fourth-order valence-electron chi connectivity index (χ4n) is 1.31. The topological polar surface area (TPSA) is 149 Å². The number of carboxylic acids is 4. The van der Waals surface area contributed by atoms with Crippen molar-refractivity contribution in [3.8, 4) is 0 Å². The molecule has 0 aliphatic heterocycles. The predicted octanol–water partition coefficient (Wildman–Crippen LogP) is -11.1. The molecule has 12 heteroatoms. The van der Waals surface area contributed by atoms with E-state index in [4.69, 9.17) is 20.4 Å². The Morgan fingerprint density at radius 2 is 0.682 bits per heavy atom. The number of rotatable bonds is 4. The summed E-state index contributed by atoms with van der Waals surface area (Å²) in [5.41, 5.74) is -3.15. The summed E-state index contributed by atoms with van der Waals surface area (Å²) in [7, 11) is 0. The van der Waals surface area contributed by atoms with Gasteiger partial charge in [-0.25, -0.2) is 19.2 Å². The molecular weight excluding hydrogens is 404 g/mol. The van der Waals surface area contributed by atoms with E-state index in [2.05, 4.69) is 0 Å². The van der Waals surface area contributed by atoms with Crippen LogP contribution in [-0.4, -0.2) is 44.3 Å². The van der Waals surface area contributed by atoms with Gasteiger partial charge in [-0.2, -0.15) is 0 Å². The number of hydrogen-bond acceptors (Lipinski definition) is 4. The second-order valence-corrected chi connectivity index (χ2v) is 3.16. The molecule has 4 N–H and O–H groups in total. The molecule has 1 rings (SSSR count). The molecule has 22 heavy (non-hydrogen) atoms. The van der Waals surface area contributed by atoms with Crippen LogP contribution in [0.15, 0.2) is 12.1 Å². The van der Waals surface area contributed by atoms with E-state index in [-0.39, 0.29) is 211 Å². The molecule has 102 valence electrons. The molecular formula is C10H10K4O8. The molecule has 1 aromatic carbocycles. The molecule has 0 radical (unpaired) electrons. The summed E-state index contributed by atoms with van der Waals surface area (Å²) >= 11 is 0. The number of carbonyl (C=O) groups is 4. The first-order chi connectivity index (χ1) is 8.25. The van der Waals surface area contributed by atoms with E-state index < -0.39 is 46.1 Å². The molecule has 0 fully saturated rings. The van der Waals surface area contributed by atoms with Gasteiger partial charge in [-0.05, 0) is 12.1 Å². The summed E-state index contributed by atoms with van der Waals surface area (Å²) in [4.78, 5) is 43.1. The molecule has 0 unspecified atom stereocenters. The number of aromatic carboxylic acids is 4. The van der Waals surface area contributed by atoms with Crippen LogP contribution in [0.25, 0.3) is 0 Å². The van der Waals surface area contributed by atoms with Gasteiger partial charge in [-0.1, -0.05) is 0 Å². The maximum absolute atomic E-state index is 10.8. The fourth-order valence-corrected chi connectivity index (χ4v) is 1.31. The Bertz CT molecular complexity index is 504. The molecule has 0 aliphatic carbocycles. The van der Waals surface area contributed by atoms with Gasteiger partial charge >= 0.3 is 229 Å². The van der Waals surface area contributed by atoms with Crippen LogP contribution in [-0.2, 0) is 0 Å². The molecule has 0 aromatic heterocycles. The van der Waals surface area contributed by atoms with Gasteiger partial charge in [0, 0.05) is 0 Å². The van der Waals surface area contributed by atoms with Gasteiger partial charge in [0.2, 0.25) is 0 Å². The monoisotopic (exact) mass is 414 g/mol. The molecule has 0 saturated carbocycles. The van der Waals surface area contributed by atoms with Crippen molar-refractivity contribution in [3.63, 3.8) is 0 Å². The van der Waals surface area contributed by atoms with Crippen molar-refractivity contribution in [2.45, 2.75) is 0 Å². The zero-order valence-electron chi connectivity index (χ0n) is 16.6. The Morgan fingerprint density at radius 3 is 0.773 bits per heavy atom. The Hall–Kier alpha value is 3.65. The van der Waals surface area contributed by atoms with Crippen LogP contribution in [0.2, 0.25) is 0 Å². The largest absolute Gasteiger partial charge is 1.00 e. The Morgan fingerprint density at radius 1 is 0.545 bits per heavy atom. The quantitative estimate of drug-likeness (QED) is 0.355. The molecule has 0 heterocycles. The van der Waals surface area contributed by atoms with Crippen LogP contribution in [0.4, 0.5) is 0 Å². The normalized spacial score (nSPS) is 8.00. The Kier molecular flexibility index (Phi) is 23.7. The second kappa shape index (κ2) is 15.7. The van der Waals surface area contributed by atoms with Crippen LogP contribution < -0.4 is 206 Å². The average molecular weight is 415 g/mol. The fraction of sp³-hybridized carbons (Fsp3) is 0. The van der Waals surface area contributed by atoms with Gasteiger partial charge in [0.25, 0.3) is 0 Å². The van der Waals surface area contributed by atoms with Gasteiger partial charge in [0.05, 0.1) is 22.3 Å². The first-order valence-electron chi connectivity index (χ1n) is 4.37. The van der Waals surface area contributed by atoms with Gasteiger partial charge < -0.3 is 26.1 Å². The van der Waals surface area contributed by atoms with Gasteiger partial charge in [0.1, 0.15) is 0 Å². The van der Waals surface area contributed by atoms with Crippen molar-refractivity contribution in [1.29, 1.82) is 0 Å². The Labute approximate surface area is 300 Å². The molecule has 0 atom stereocenters. The van der Waals surface area contributed by atoms with Crippen LogP contribution in [0.1, 0.15) is 47.1 Å². The zero-order chi connectivity index (χ0) is 14.0. The van der Waals surface area contributed by atoms with E-state index in [0.717, 1.165) is 0 Å². The van der Waals surface area contributed by atoms with E-state index in [0.29, 0.717) is 12.1 Å². The molecule has 1 aromatic rings. The SMILES string of the molecule is O=C(O)c1cc(C(=O)O)c(C(=O)O)cc1C(=O)O.[H-].[H-].[H-].[H-].[K+].[K+].[K+].[K+]. The Balaban J connectivity index is -0.0000000675. The summed E-state index contributed by atoms with van der Waals surface area (Å²) in [5.74, 6) is -6.64. The molecule has 8 nitrogen and oxygen atoms in total. The summed E-state index contributed by atoms with van der Waals surface area (Å²) < 4.78 is 0. The number of hydrogen-bond donors (Lipinski definition) is 4. The number of carboxylic acid groups (broad SMARTS) is 4. The predicted molar refractivity (Wildman–Crippen MR) is 58.7 cm³/mol. The summed E-state index contributed by atoms with van der Waals surface area (Å²) in [6.45, 7) is 0. The first kappa shape index (κ1) is 33.2. The van der Waals surface area contributed by atoms with Crippen LogP contribution in [0, 0.1) is 0 Å². The van der Waals surface area contributed by atoms with Crippen molar-refractivity contribution in [2.24, 2.45) is 0 Å². The van der Waals surface area contributed by atoms with E-state index in [1.807, 2.05) is 0 Å². The third kappa shape index (κ3) is 9.54. The van der Waals surface area contributed by atoms with Crippen molar-refractivity contribution < 1.29 is 251 Å². The van der Waals surface area contributed by atoms with Crippen molar-refractivity contribution in [1.82, 2.24) is 0 Å². The van der Waals surface area contributed by atoms with Gasteiger partial charge in [-0.15, -0.1) is 0 Å². The van der Waals surface area contributed by atoms with E-state index >= 15 is 0 Å². The van der Waals surface area contributed by atoms with E-state index in [1.54, 1.807) is 0 Å². The van der Waals surface area contributed by atoms with E-state index in [9.17, 15) is 19.2 Å². The first-order valence-corrected chi connectivity index (χ1v) is 4.37. The summed E-state index contributed by atoms with van der Waals surface area (Å²) in [6, 6.07) is 1.02. The molecule has 0 amide bonds. The maximum atomic E-state index is 10.8. The van der Waals surface area contributed by atoms with Gasteiger partial charge in [-0.3, -0.25) is 0 Å². The minimum Gasteiger partial charge on any atom is -1.00 e. The average Bonchev–Trinajstić information content (AvgIpc) is 2.26. The zero-order valence-corrected chi connectivity index (χ0v) is 25.1. The molecule has 0 aliphatic rings. The summed E-state index contributed by atoms with van der Waals surface area (Å²) in [5, 5.41) is 35.0. The number of benzene rings is 1. The summed E-state index contributed by atoms with van der Waals surface area (Å²) in [6.07, 6.45) is 0. The molecule has 0 bridgehead atoms. The maximum Gasteiger partial charge on any atom is 1.00 e. The smallest absolute Gasteiger partial charge is 1.00 e. The third-order valence-corrected chi connectivity index (χ3v) is 2.08. The molecule has 0 saturated heterocycles. The van der Waals surface area contributed by atoms with E-state index in [1.165, 1.54) is 0 Å². The van der Waals surface area contributed by atoms with Crippen molar-refractivity contribution in [3.05, 3.63) is 34.4 Å². The van der Waals surface area contributed by atoms with Crippen molar-refractivity contribution in [2.75, 3.05) is 0 Å². The standard InChI is InChI=1S/C10H6O8.4K.4H/c11-7(12)3-1-4(8(13)14)6(10(17)18)2-5(3)9(15)16;;;;;;;;/h1-2H,(H,11,12)(H,13,14)(H,15,16)(H,17,18);;;;;;;;/q;4*+1;4*-1. The van der Waals surface area contributed by atoms with Crippen LogP contribution in [0.5, 0.6) is 0 Å². The second-order valence-electron chi connectivity index (χ2n) is 3.16. The van der Waals surface area contributed by atoms with Crippen LogP contribution in [0.3, 0.4) is 0 Å². The minimum absolute atomic E-state index is 0. The minimum atomic E-state index is -1.66. The molecule has 0 spiro atoms. The van der Waals surface area contributed by atoms with Gasteiger partial charge in [0.15, 0.2) is 0 Å². The third-order valence-electron chi connectivity index (χ3n) is 2.08.